The first-order valence-electron chi connectivity index (χ1n) is 6.57. The van der Waals surface area contributed by atoms with Crippen molar-refractivity contribution in [3.63, 3.8) is 0 Å². The normalized spacial score (nSPS) is 11.8. The molecule has 0 aliphatic rings. The lowest BCUT2D eigenvalue weighted by Gasteiger charge is -1.97. The number of allylic oxidation sites excluding steroid dienone is 5. The average molecular weight is 266 g/mol. The molecule has 0 atom stereocenters. The summed E-state index contributed by atoms with van der Waals surface area (Å²) >= 11 is 0. The smallest absolute Gasteiger partial charge is 0.328 e. The topological polar surface area (TPSA) is 74.6 Å². The van der Waals surface area contributed by atoms with Gasteiger partial charge in [0.05, 0.1) is 0 Å². The summed E-state index contributed by atoms with van der Waals surface area (Å²) < 4.78 is 0. The lowest BCUT2D eigenvalue weighted by Crippen LogP contribution is -1.93. The summed E-state index contributed by atoms with van der Waals surface area (Å²) in [4.78, 5) is 20.4. The van der Waals surface area contributed by atoms with E-state index in [0.29, 0.717) is 0 Å². The summed E-state index contributed by atoms with van der Waals surface area (Å²) in [6, 6.07) is 0. The molecule has 0 fully saturated rings. The first-order valence-corrected chi connectivity index (χ1v) is 6.57. The molecule has 106 valence electrons. The van der Waals surface area contributed by atoms with Crippen LogP contribution in [0.1, 0.15) is 44.9 Å². The second-order valence-corrected chi connectivity index (χ2v) is 4.21. The number of carboxylic acid groups (broad SMARTS) is 2. The molecule has 0 saturated heterocycles. The quantitative estimate of drug-likeness (QED) is 0.340. The monoisotopic (exact) mass is 266 g/mol. The average Bonchev–Trinajstić information content (AvgIpc) is 2.34. The Bertz CT molecular complexity index is 340. The summed E-state index contributed by atoms with van der Waals surface area (Å²) in [6.07, 6.45) is 16.3. The van der Waals surface area contributed by atoms with E-state index in [4.69, 9.17) is 10.2 Å². The Morgan fingerprint density at radius 1 is 0.789 bits per heavy atom. The standard InChI is InChI=1S/C15H22O4/c16-14(17)12-10-8-6-4-2-1-3-5-7-9-11-13-15(18)19/h2,4,6,8,10,12H,1,3,5,7,9,11,13H2,(H,16,17)(H,18,19)/b4-2+,8-6+,12-10+. The van der Waals surface area contributed by atoms with Gasteiger partial charge >= 0.3 is 11.9 Å². The zero-order valence-corrected chi connectivity index (χ0v) is 11.1. The van der Waals surface area contributed by atoms with Gasteiger partial charge in [-0.25, -0.2) is 4.79 Å². The molecule has 0 amide bonds. The highest BCUT2D eigenvalue weighted by molar-refractivity contribution is 5.80. The van der Waals surface area contributed by atoms with Gasteiger partial charge in [0.15, 0.2) is 0 Å². The van der Waals surface area contributed by atoms with Gasteiger partial charge in [-0.15, -0.1) is 0 Å². The molecule has 0 aliphatic carbocycles. The minimum atomic E-state index is -0.948. The van der Waals surface area contributed by atoms with E-state index in [1.54, 1.807) is 12.2 Å². The van der Waals surface area contributed by atoms with Crippen LogP contribution in [0.2, 0.25) is 0 Å². The maximum absolute atomic E-state index is 10.3. The lowest BCUT2D eigenvalue weighted by atomic mass is 10.1. The highest BCUT2D eigenvalue weighted by Crippen LogP contribution is 2.07. The van der Waals surface area contributed by atoms with Crippen LogP contribution in [-0.2, 0) is 9.59 Å². The minimum absolute atomic E-state index is 0.272. The molecule has 0 spiro atoms. The third kappa shape index (κ3) is 16.2. The minimum Gasteiger partial charge on any atom is -0.481 e. The summed E-state index contributed by atoms with van der Waals surface area (Å²) in [5.74, 6) is -1.66. The molecule has 4 nitrogen and oxygen atoms in total. The van der Waals surface area contributed by atoms with E-state index in [2.05, 4.69) is 0 Å². The first-order chi connectivity index (χ1) is 9.13. The summed E-state index contributed by atoms with van der Waals surface area (Å²) in [6.45, 7) is 0. The van der Waals surface area contributed by atoms with Gasteiger partial charge in [0.1, 0.15) is 0 Å². The van der Waals surface area contributed by atoms with Crippen LogP contribution < -0.4 is 0 Å². The SMILES string of the molecule is O=C(O)/C=C/C=C/C=C/CCCCCCCC(=O)O. The number of aliphatic carboxylic acids is 2. The van der Waals surface area contributed by atoms with Crippen molar-refractivity contribution in [1.29, 1.82) is 0 Å². The third-order valence-electron chi connectivity index (χ3n) is 2.47. The van der Waals surface area contributed by atoms with Crippen molar-refractivity contribution in [3.8, 4) is 0 Å². The zero-order valence-electron chi connectivity index (χ0n) is 11.1. The molecule has 2 N–H and O–H groups in total. The van der Waals surface area contributed by atoms with Crippen LogP contribution in [0.3, 0.4) is 0 Å². The fourth-order valence-corrected chi connectivity index (χ4v) is 1.51. The van der Waals surface area contributed by atoms with E-state index < -0.39 is 11.9 Å². The third-order valence-corrected chi connectivity index (χ3v) is 2.47. The maximum Gasteiger partial charge on any atom is 0.328 e. The van der Waals surface area contributed by atoms with Gasteiger partial charge in [-0.2, -0.15) is 0 Å². The molecule has 4 heteroatoms. The highest BCUT2D eigenvalue weighted by Gasteiger charge is 1.95. The molecular formula is C15H22O4. The van der Waals surface area contributed by atoms with Crippen LogP contribution in [0, 0.1) is 0 Å². The van der Waals surface area contributed by atoms with Crippen LogP contribution >= 0.6 is 0 Å². The molecule has 0 bridgehead atoms. The van der Waals surface area contributed by atoms with Crippen LogP contribution in [0.4, 0.5) is 0 Å². The Balaban J connectivity index is 3.34. The number of unbranched alkanes of at least 4 members (excludes halogenated alkanes) is 5. The Kier molecular flexibility index (Phi) is 11.4. The first kappa shape index (κ1) is 17.2. The zero-order chi connectivity index (χ0) is 14.3. The number of hydrogen-bond acceptors (Lipinski definition) is 2. The number of hydrogen-bond donors (Lipinski definition) is 2. The Hall–Kier alpha value is -1.84. The molecule has 0 aromatic rings. The molecule has 0 saturated carbocycles. The van der Waals surface area contributed by atoms with Crippen molar-refractivity contribution < 1.29 is 19.8 Å². The van der Waals surface area contributed by atoms with Crippen molar-refractivity contribution in [2.24, 2.45) is 0 Å². The van der Waals surface area contributed by atoms with Crippen molar-refractivity contribution >= 4 is 11.9 Å². The predicted octanol–water partition coefficient (Wildman–Crippen LogP) is 3.55. The van der Waals surface area contributed by atoms with Crippen molar-refractivity contribution in [2.45, 2.75) is 44.9 Å². The van der Waals surface area contributed by atoms with Crippen molar-refractivity contribution in [3.05, 3.63) is 36.5 Å². The number of carbonyl (C=O) groups is 2. The molecular weight excluding hydrogens is 244 g/mol. The van der Waals surface area contributed by atoms with Gasteiger partial charge in [0, 0.05) is 12.5 Å². The van der Waals surface area contributed by atoms with Gasteiger partial charge in [0.25, 0.3) is 0 Å². The van der Waals surface area contributed by atoms with Gasteiger partial charge in [0.2, 0.25) is 0 Å². The Morgan fingerprint density at radius 3 is 2.11 bits per heavy atom. The second kappa shape index (κ2) is 12.6. The highest BCUT2D eigenvalue weighted by atomic mass is 16.4. The van der Waals surface area contributed by atoms with E-state index in [0.717, 1.165) is 44.6 Å². The largest absolute Gasteiger partial charge is 0.481 e. The van der Waals surface area contributed by atoms with Crippen LogP contribution in [0.15, 0.2) is 36.5 Å². The van der Waals surface area contributed by atoms with E-state index in [-0.39, 0.29) is 6.42 Å². The van der Waals surface area contributed by atoms with Gasteiger partial charge in [-0.05, 0) is 19.3 Å². The molecule has 0 aromatic heterocycles. The van der Waals surface area contributed by atoms with E-state index in [1.807, 2.05) is 12.2 Å². The summed E-state index contributed by atoms with van der Waals surface area (Å²) in [5, 5.41) is 16.8. The molecule has 0 heterocycles. The fourth-order valence-electron chi connectivity index (χ4n) is 1.51. The predicted molar refractivity (Wildman–Crippen MR) is 75.0 cm³/mol. The van der Waals surface area contributed by atoms with Gasteiger partial charge < -0.3 is 10.2 Å². The van der Waals surface area contributed by atoms with Crippen molar-refractivity contribution in [2.75, 3.05) is 0 Å². The van der Waals surface area contributed by atoms with Gasteiger partial charge in [-0.1, -0.05) is 49.6 Å². The van der Waals surface area contributed by atoms with E-state index >= 15 is 0 Å². The number of carboxylic acids is 2. The van der Waals surface area contributed by atoms with Crippen LogP contribution in [-0.4, -0.2) is 22.2 Å². The molecule has 0 aliphatic heterocycles. The van der Waals surface area contributed by atoms with Crippen LogP contribution in [0.5, 0.6) is 0 Å². The van der Waals surface area contributed by atoms with E-state index in [9.17, 15) is 9.59 Å². The van der Waals surface area contributed by atoms with Gasteiger partial charge in [-0.3, -0.25) is 4.79 Å². The molecule has 0 radical (unpaired) electrons. The van der Waals surface area contributed by atoms with E-state index in [1.165, 1.54) is 6.08 Å². The Labute approximate surface area is 114 Å². The number of rotatable bonds is 11. The maximum atomic E-state index is 10.3. The van der Waals surface area contributed by atoms with Crippen molar-refractivity contribution in [1.82, 2.24) is 0 Å². The lowest BCUT2D eigenvalue weighted by molar-refractivity contribution is -0.137. The second-order valence-electron chi connectivity index (χ2n) is 4.21. The Morgan fingerprint density at radius 2 is 1.42 bits per heavy atom. The molecule has 0 aromatic carbocycles. The summed E-state index contributed by atoms with van der Waals surface area (Å²) in [7, 11) is 0. The molecule has 0 rings (SSSR count). The van der Waals surface area contributed by atoms with Crippen LogP contribution in [0.25, 0.3) is 0 Å². The molecule has 0 unspecified atom stereocenters. The fraction of sp³-hybridized carbons (Fsp3) is 0.467. The molecule has 19 heavy (non-hydrogen) atoms. The summed E-state index contributed by atoms with van der Waals surface area (Å²) in [5.41, 5.74) is 0.